The molecule has 19 heavy (non-hydrogen) atoms. The minimum atomic E-state index is -0.400. The molecule has 2 rings (SSSR count). The van der Waals surface area contributed by atoms with Crippen LogP contribution in [0.5, 0.6) is 0 Å². The number of thioether (sulfide) groups is 1. The van der Waals surface area contributed by atoms with E-state index in [1.807, 2.05) is 30.5 Å². The van der Waals surface area contributed by atoms with Crippen molar-refractivity contribution >= 4 is 29.2 Å². The van der Waals surface area contributed by atoms with E-state index in [4.69, 9.17) is 0 Å². The van der Waals surface area contributed by atoms with Gasteiger partial charge in [-0.25, -0.2) is 9.18 Å². The fourth-order valence-corrected chi connectivity index (χ4v) is 1.94. The standard InChI is InChI=1S/C14H13FN2OS/c1-19-13-7-5-11(6-8-13)16-14(18)17-12-4-2-3-10(15)9-12/h2-9H,1H3,(H2,16,17,18). The highest BCUT2D eigenvalue weighted by Gasteiger charge is 2.03. The van der Waals surface area contributed by atoms with E-state index in [0.29, 0.717) is 11.4 Å². The molecule has 0 radical (unpaired) electrons. The van der Waals surface area contributed by atoms with Crippen molar-refractivity contribution in [3.05, 3.63) is 54.3 Å². The Morgan fingerprint density at radius 3 is 2.37 bits per heavy atom. The number of amides is 2. The predicted molar refractivity (Wildman–Crippen MR) is 77.3 cm³/mol. The van der Waals surface area contributed by atoms with Crippen LogP contribution in [0.4, 0.5) is 20.6 Å². The number of hydrogen-bond donors (Lipinski definition) is 2. The van der Waals surface area contributed by atoms with E-state index in [2.05, 4.69) is 10.6 Å². The maximum Gasteiger partial charge on any atom is 0.323 e. The number of urea groups is 1. The molecule has 0 aliphatic carbocycles. The Kier molecular flexibility index (Phi) is 4.41. The third-order valence-electron chi connectivity index (χ3n) is 2.43. The summed E-state index contributed by atoms with van der Waals surface area (Å²) in [6.45, 7) is 0. The minimum Gasteiger partial charge on any atom is -0.308 e. The van der Waals surface area contributed by atoms with Crippen molar-refractivity contribution in [2.75, 3.05) is 16.9 Å². The molecule has 0 saturated heterocycles. The zero-order valence-electron chi connectivity index (χ0n) is 10.3. The second-order valence-electron chi connectivity index (χ2n) is 3.82. The summed E-state index contributed by atoms with van der Waals surface area (Å²) in [7, 11) is 0. The largest absolute Gasteiger partial charge is 0.323 e. The van der Waals surface area contributed by atoms with Gasteiger partial charge in [0.2, 0.25) is 0 Å². The van der Waals surface area contributed by atoms with Crippen molar-refractivity contribution in [3.63, 3.8) is 0 Å². The maximum atomic E-state index is 13.0. The number of benzene rings is 2. The molecule has 5 heteroatoms. The summed E-state index contributed by atoms with van der Waals surface area (Å²) >= 11 is 1.63. The molecular weight excluding hydrogens is 263 g/mol. The van der Waals surface area contributed by atoms with E-state index >= 15 is 0 Å². The molecule has 0 saturated carbocycles. The van der Waals surface area contributed by atoms with Gasteiger partial charge in [-0.2, -0.15) is 0 Å². The van der Waals surface area contributed by atoms with Gasteiger partial charge in [0, 0.05) is 16.3 Å². The summed E-state index contributed by atoms with van der Waals surface area (Å²) in [6.07, 6.45) is 1.99. The van der Waals surface area contributed by atoms with Crippen LogP contribution < -0.4 is 10.6 Å². The van der Waals surface area contributed by atoms with Gasteiger partial charge in [0.05, 0.1) is 0 Å². The van der Waals surface area contributed by atoms with Crippen molar-refractivity contribution in [2.45, 2.75) is 4.90 Å². The molecule has 0 spiro atoms. The van der Waals surface area contributed by atoms with Crippen molar-refractivity contribution in [1.82, 2.24) is 0 Å². The van der Waals surface area contributed by atoms with Crippen molar-refractivity contribution in [2.24, 2.45) is 0 Å². The second kappa shape index (κ2) is 6.24. The summed E-state index contributed by atoms with van der Waals surface area (Å²) in [5.74, 6) is -0.387. The van der Waals surface area contributed by atoms with Gasteiger partial charge in [0.1, 0.15) is 5.82 Å². The molecule has 0 aliphatic rings. The smallest absolute Gasteiger partial charge is 0.308 e. The first kappa shape index (κ1) is 13.4. The van der Waals surface area contributed by atoms with E-state index in [1.165, 1.54) is 18.2 Å². The topological polar surface area (TPSA) is 41.1 Å². The molecule has 0 atom stereocenters. The third kappa shape index (κ3) is 3.99. The molecule has 0 unspecified atom stereocenters. The van der Waals surface area contributed by atoms with Crippen LogP contribution in [-0.2, 0) is 0 Å². The second-order valence-corrected chi connectivity index (χ2v) is 4.70. The molecule has 0 heterocycles. The summed E-state index contributed by atoms with van der Waals surface area (Å²) in [5, 5.41) is 5.24. The highest BCUT2D eigenvalue weighted by atomic mass is 32.2. The Bertz CT molecular complexity index is 572. The lowest BCUT2D eigenvalue weighted by atomic mass is 10.3. The maximum absolute atomic E-state index is 13.0. The lowest BCUT2D eigenvalue weighted by Gasteiger charge is -2.08. The number of carbonyl (C=O) groups excluding carboxylic acids is 1. The van der Waals surface area contributed by atoms with E-state index in [1.54, 1.807) is 17.8 Å². The molecule has 98 valence electrons. The fraction of sp³-hybridized carbons (Fsp3) is 0.0714. The number of hydrogen-bond acceptors (Lipinski definition) is 2. The summed E-state index contributed by atoms with van der Waals surface area (Å²) in [6, 6.07) is 12.8. The molecule has 2 N–H and O–H groups in total. The summed E-state index contributed by atoms with van der Waals surface area (Å²) in [4.78, 5) is 12.8. The van der Waals surface area contributed by atoms with E-state index in [0.717, 1.165) is 4.90 Å². The number of carbonyl (C=O) groups is 1. The van der Waals surface area contributed by atoms with Crippen LogP contribution in [0.15, 0.2) is 53.4 Å². The predicted octanol–water partition coefficient (Wildman–Crippen LogP) is 4.19. The third-order valence-corrected chi connectivity index (χ3v) is 3.17. The SMILES string of the molecule is CSc1ccc(NC(=O)Nc2cccc(F)c2)cc1. The highest BCUT2D eigenvalue weighted by Crippen LogP contribution is 2.17. The quantitative estimate of drug-likeness (QED) is 0.825. The lowest BCUT2D eigenvalue weighted by Crippen LogP contribution is -2.19. The van der Waals surface area contributed by atoms with Gasteiger partial charge in [-0.05, 0) is 48.7 Å². The van der Waals surface area contributed by atoms with Crippen molar-refractivity contribution in [1.29, 1.82) is 0 Å². The Morgan fingerprint density at radius 2 is 1.74 bits per heavy atom. The molecule has 0 bridgehead atoms. The molecule has 3 nitrogen and oxygen atoms in total. The average Bonchev–Trinajstić information content (AvgIpc) is 2.39. The zero-order chi connectivity index (χ0) is 13.7. The van der Waals surface area contributed by atoms with E-state index < -0.39 is 6.03 Å². The Balaban J connectivity index is 1.97. The zero-order valence-corrected chi connectivity index (χ0v) is 11.1. The monoisotopic (exact) mass is 276 g/mol. The minimum absolute atomic E-state index is 0.387. The number of rotatable bonds is 3. The van der Waals surface area contributed by atoms with Crippen LogP contribution >= 0.6 is 11.8 Å². The first-order valence-corrected chi connectivity index (χ1v) is 6.87. The average molecular weight is 276 g/mol. The van der Waals surface area contributed by atoms with Crippen LogP contribution in [0.1, 0.15) is 0 Å². The Labute approximate surface area is 115 Å². The molecule has 2 aromatic rings. The van der Waals surface area contributed by atoms with Gasteiger partial charge in [-0.1, -0.05) is 6.07 Å². The molecule has 0 fully saturated rings. The van der Waals surface area contributed by atoms with Crippen LogP contribution in [0.3, 0.4) is 0 Å². The molecule has 0 aliphatic heterocycles. The van der Waals surface area contributed by atoms with E-state index in [-0.39, 0.29) is 5.82 Å². The Morgan fingerprint density at radius 1 is 1.05 bits per heavy atom. The van der Waals surface area contributed by atoms with Crippen LogP contribution in [-0.4, -0.2) is 12.3 Å². The van der Waals surface area contributed by atoms with Gasteiger partial charge < -0.3 is 10.6 Å². The Hall–Kier alpha value is -2.01. The van der Waals surface area contributed by atoms with E-state index in [9.17, 15) is 9.18 Å². The lowest BCUT2D eigenvalue weighted by molar-refractivity contribution is 0.262. The van der Waals surface area contributed by atoms with Crippen LogP contribution in [0.2, 0.25) is 0 Å². The van der Waals surface area contributed by atoms with Gasteiger partial charge in [-0.15, -0.1) is 11.8 Å². The normalized spacial score (nSPS) is 10.0. The first-order valence-electron chi connectivity index (χ1n) is 5.65. The van der Waals surface area contributed by atoms with Gasteiger partial charge in [-0.3, -0.25) is 0 Å². The van der Waals surface area contributed by atoms with Crippen molar-refractivity contribution < 1.29 is 9.18 Å². The number of anilines is 2. The van der Waals surface area contributed by atoms with Gasteiger partial charge in [0.15, 0.2) is 0 Å². The molecule has 2 amide bonds. The number of nitrogens with one attached hydrogen (secondary N) is 2. The van der Waals surface area contributed by atoms with Crippen molar-refractivity contribution in [3.8, 4) is 0 Å². The fourth-order valence-electron chi connectivity index (χ4n) is 1.53. The van der Waals surface area contributed by atoms with Crippen LogP contribution in [0.25, 0.3) is 0 Å². The van der Waals surface area contributed by atoms with Gasteiger partial charge >= 0.3 is 6.03 Å². The first-order chi connectivity index (χ1) is 9.17. The summed E-state index contributed by atoms with van der Waals surface area (Å²) < 4.78 is 13.0. The highest BCUT2D eigenvalue weighted by molar-refractivity contribution is 7.98. The molecule has 0 aromatic heterocycles. The van der Waals surface area contributed by atoms with Crippen LogP contribution in [0, 0.1) is 5.82 Å². The molecule has 2 aromatic carbocycles. The van der Waals surface area contributed by atoms with Gasteiger partial charge in [0.25, 0.3) is 0 Å². The molecular formula is C14H13FN2OS. The summed E-state index contributed by atoms with van der Waals surface area (Å²) in [5.41, 5.74) is 1.10. The number of halogens is 1.